The standard InChI is InChI=1S/C17H16N6O2/c24-17(12-4-6-18-7-5-12)23-10-2-1-3-14(23)16-21-15(22-25-16)13-11-19-8-9-20-13/h4-9,11,14H,1-3,10H2/t14-/m0/s1. The van der Waals surface area contributed by atoms with E-state index in [4.69, 9.17) is 4.52 Å². The van der Waals surface area contributed by atoms with Crippen LogP contribution < -0.4 is 0 Å². The number of amides is 1. The van der Waals surface area contributed by atoms with Crippen LogP contribution in [-0.2, 0) is 0 Å². The van der Waals surface area contributed by atoms with Crippen LogP contribution in [-0.4, -0.2) is 42.4 Å². The maximum absolute atomic E-state index is 12.8. The molecule has 0 radical (unpaired) electrons. The van der Waals surface area contributed by atoms with Crippen LogP contribution in [0, 0.1) is 0 Å². The van der Waals surface area contributed by atoms with E-state index in [1.54, 1.807) is 48.0 Å². The summed E-state index contributed by atoms with van der Waals surface area (Å²) in [4.78, 5) is 31.2. The topological polar surface area (TPSA) is 97.9 Å². The molecule has 1 saturated heterocycles. The molecule has 0 aromatic carbocycles. The van der Waals surface area contributed by atoms with Gasteiger partial charge in [-0.1, -0.05) is 5.16 Å². The van der Waals surface area contributed by atoms with Crippen LogP contribution in [0.4, 0.5) is 0 Å². The normalized spacial score (nSPS) is 17.4. The van der Waals surface area contributed by atoms with Gasteiger partial charge in [0.25, 0.3) is 5.91 Å². The average Bonchev–Trinajstić information content (AvgIpc) is 3.19. The molecule has 1 aliphatic rings. The molecule has 0 spiro atoms. The second-order valence-corrected chi connectivity index (χ2v) is 5.79. The van der Waals surface area contributed by atoms with Gasteiger partial charge in [0.15, 0.2) is 0 Å². The van der Waals surface area contributed by atoms with Crippen molar-refractivity contribution in [2.24, 2.45) is 0 Å². The molecule has 1 amide bonds. The minimum Gasteiger partial charge on any atom is -0.337 e. The number of hydrogen-bond acceptors (Lipinski definition) is 7. The lowest BCUT2D eigenvalue weighted by molar-refractivity contribution is 0.0561. The summed E-state index contributed by atoms with van der Waals surface area (Å²) >= 11 is 0. The number of aromatic nitrogens is 5. The smallest absolute Gasteiger partial charge is 0.254 e. The zero-order chi connectivity index (χ0) is 17.1. The van der Waals surface area contributed by atoms with Gasteiger partial charge in [-0.25, -0.2) is 4.98 Å². The molecule has 0 aliphatic carbocycles. The van der Waals surface area contributed by atoms with Gasteiger partial charge >= 0.3 is 0 Å². The van der Waals surface area contributed by atoms with E-state index in [1.807, 2.05) is 0 Å². The van der Waals surface area contributed by atoms with E-state index in [-0.39, 0.29) is 11.9 Å². The minimum absolute atomic E-state index is 0.0497. The lowest BCUT2D eigenvalue weighted by atomic mass is 10.0. The highest BCUT2D eigenvalue weighted by Crippen LogP contribution is 2.31. The number of carbonyl (C=O) groups is 1. The number of nitrogens with zero attached hydrogens (tertiary/aromatic N) is 6. The van der Waals surface area contributed by atoms with Crippen molar-refractivity contribution < 1.29 is 9.32 Å². The van der Waals surface area contributed by atoms with E-state index in [0.717, 1.165) is 19.3 Å². The molecule has 3 aromatic heterocycles. The maximum Gasteiger partial charge on any atom is 0.254 e. The van der Waals surface area contributed by atoms with Crippen LogP contribution in [0.2, 0.25) is 0 Å². The van der Waals surface area contributed by atoms with E-state index in [1.165, 1.54) is 0 Å². The molecule has 0 saturated carbocycles. The highest BCUT2D eigenvalue weighted by Gasteiger charge is 2.32. The summed E-state index contributed by atoms with van der Waals surface area (Å²) in [7, 11) is 0. The summed E-state index contributed by atoms with van der Waals surface area (Å²) in [5.74, 6) is 0.763. The quantitative estimate of drug-likeness (QED) is 0.723. The number of likely N-dealkylation sites (tertiary alicyclic amines) is 1. The van der Waals surface area contributed by atoms with Crippen LogP contribution in [0.5, 0.6) is 0 Å². The van der Waals surface area contributed by atoms with Gasteiger partial charge in [-0.3, -0.25) is 14.8 Å². The van der Waals surface area contributed by atoms with Crippen molar-refractivity contribution in [1.82, 2.24) is 30.0 Å². The third-order valence-corrected chi connectivity index (χ3v) is 4.21. The zero-order valence-electron chi connectivity index (χ0n) is 13.4. The van der Waals surface area contributed by atoms with Gasteiger partial charge in [-0.15, -0.1) is 0 Å². The molecule has 0 unspecified atom stereocenters. The molecule has 1 atom stereocenters. The lowest BCUT2D eigenvalue weighted by Gasteiger charge is -2.33. The predicted octanol–water partition coefficient (Wildman–Crippen LogP) is 2.29. The fraction of sp³-hybridized carbons (Fsp3) is 0.294. The van der Waals surface area contributed by atoms with Crippen LogP contribution in [0.25, 0.3) is 11.5 Å². The predicted molar refractivity (Wildman–Crippen MR) is 87.2 cm³/mol. The molecule has 0 N–H and O–H groups in total. The van der Waals surface area contributed by atoms with E-state index >= 15 is 0 Å². The van der Waals surface area contributed by atoms with Crippen LogP contribution >= 0.6 is 0 Å². The first kappa shape index (κ1) is 15.4. The van der Waals surface area contributed by atoms with Crippen molar-refractivity contribution in [1.29, 1.82) is 0 Å². The minimum atomic E-state index is -0.229. The highest BCUT2D eigenvalue weighted by molar-refractivity contribution is 5.94. The van der Waals surface area contributed by atoms with E-state index < -0.39 is 0 Å². The third kappa shape index (κ3) is 3.10. The van der Waals surface area contributed by atoms with Crippen molar-refractivity contribution in [2.45, 2.75) is 25.3 Å². The van der Waals surface area contributed by atoms with E-state index in [2.05, 4.69) is 25.1 Å². The molecule has 4 heterocycles. The average molecular weight is 336 g/mol. The Kier molecular flexibility index (Phi) is 4.16. The van der Waals surface area contributed by atoms with Crippen LogP contribution in [0.15, 0.2) is 47.6 Å². The molecule has 8 heteroatoms. The van der Waals surface area contributed by atoms with Gasteiger partial charge in [-0.05, 0) is 31.4 Å². The summed E-state index contributed by atoms with van der Waals surface area (Å²) in [6, 6.07) is 3.20. The SMILES string of the molecule is O=C(c1ccncc1)N1CCCC[C@H]1c1nc(-c2cnccn2)no1. The molecule has 8 nitrogen and oxygen atoms in total. The molecule has 25 heavy (non-hydrogen) atoms. The second kappa shape index (κ2) is 6.76. The fourth-order valence-electron chi connectivity index (χ4n) is 2.98. The van der Waals surface area contributed by atoms with Crippen molar-refractivity contribution in [3.8, 4) is 11.5 Å². The van der Waals surface area contributed by atoms with Crippen LogP contribution in [0.3, 0.4) is 0 Å². The molecule has 1 aliphatic heterocycles. The van der Waals surface area contributed by atoms with Gasteiger partial charge in [0.2, 0.25) is 11.7 Å². The van der Waals surface area contributed by atoms with E-state index in [9.17, 15) is 4.79 Å². The van der Waals surface area contributed by atoms with Gasteiger partial charge < -0.3 is 9.42 Å². The molecular weight excluding hydrogens is 320 g/mol. The number of hydrogen-bond donors (Lipinski definition) is 0. The first-order valence-electron chi connectivity index (χ1n) is 8.14. The Morgan fingerprint density at radius 2 is 2.00 bits per heavy atom. The zero-order valence-corrected chi connectivity index (χ0v) is 13.4. The first-order valence-corrected chi connectivity index (χ1v) is 8.14. The molecule has 126 valence electrons. The molecule has 4 rings (SSSR count). The number of piperidine rings is 1. The Morgan fingerprint density at radius 3 is 2.80 bits per heavy atom. The summed E-state index contributed by atoms with van der Waals surface area (Å²) in [6.45, 7) is 0.661. The molecule has 0 bridgehead atoms. The van der Waals surface area contributed by atoms with Crippen molar-refractivity contribution in [2.75, 3.05) is 6.54 Å². The highest BCUT2D eigenvalue weighted by atomic mass is 16.5. The molecule has 3 aromatic rings. The largest absolute Gasteiger partial charge is 0.337 e. The van der Waals surface area contributed by atoms with Gasteiger partial charge in [0, 0.05) is 36.9 Å². The van der Waals surface area contributed by atoms with Gasteiger partial charge in [0.1, 0.15) is 11.7 Å². The van der Waals surface area contributed by atoms with Crippen LogP contribution in [0.1, 0.15) is 41.6 Å². The summed E-state index contributed by atoms with van der Waals surface area (Å²) in [5.41, 5.74) is 1.15. The first-order chi connectivity index (χ1) is 12.3. The van der Waals surface area contributed by atoms with Gasteiger partial charge in [0.05, 0.1) is 6.20 Å². The molecule has 1 fully saturated rings. The van der Waals surface area contributed by atoms with Crippen molar-refractivity contribution >= 4 is 5.91 Å². The molecular formula is C17H16N6O2. The van der Waals surface area contributed by atoms with Crippen molar-refractivity contribution in [3.05, 3.63) is 54.6 Å². The van der Waals surface area contributed by atoms with Gasteiger partial charge in [-0.2, -0.15) is 4.98 Å². The summed E-state index contributed by atoms with van der Waals surface area (Å²) in [5, 5.41) is 3.99. The summed E-state index contributed by atoms with van der Waals surface area (Å²) in [6.07, 6.45) is 10.7. The second-order valence-electron chi connectivity index (χ2n) is 5.79. The fourth-order valence-corrected chi connectivity index (χ4v) is 2.98. The Balaban J connectivity index is 1.62. The van der Waals surface area contributed by atoms with E-state index in [0.29, 0.717) is 29.5 Å². The third-order valence-electron chi connectivity index (χ3n) is 4.21. The number of rotatable bonds is 3. The Labute approximate surface area is 143 Å². The lowest BCUT2D eigenvalue weighted by Crippen LogP contribution is -2.38. The summed E-state index contributed by atoms with van der Waals surface area (Å²) < 4.78 is 5.44. The Hall–Kier alpha value is -3.16. The maximum atomic E-state index is 12.8. The Bertz CT molecular complexity index is 852. The van der Waals surface area contributed by atoms with Crippen molar-refractivity contribution in [3.63, 3.8) is 0 Å². The number of pyridine rings is 1. The number of carbonyl (C=O) groups excluding carboxylic acids is 1. The Morgan fingerprint density at radius 1 is 1.12 bits per heavy atom. The monoisotopic (exact) mass is 336 g/mol.